The van der Waals surface area contributed by atoms with Crippen molar-refractivity contribution in [2.45, 2.75) is 97.4 Å². The van der Waals surface area contributed by atoms with Gasteiger partial charge < -0.3 is 5.32 Å². The third-order valence-electron chi connectivity index (χ3n) is 5.29. The van der Waals surface area contributed by atoms with E-state index < -0.39 is 0 Å². The molecule has 0 radical (unpaired) electrons. The lowest BCUT2D eigenvalue weighted by Crippen LogP contribution is -2.14. The van der Waals surface area contributed by atoms with Gasteiger partial charge in [-0.15, -0.1) is 0 Å². The van der Waals surface area contributed by atoms with Crippen molar-refractivity contribution in [2.75, 3.05) is 6.54 Å². The monoisotopic (exact) mass is 331 g/mol. The van der Waals surface area contributed by atoms with Crippen LogP contribution in [0.1, 0.15) is 96.5 Å². The summed E-state index contributed by atoms with van der Waals surface area (Å²) in [5.41, 5.74) is 1.39. The fraction of sp³-hybridized carbons (Fsp3) is 0.739. The number of rotatable bonds is 16. The van der Waals surface area contributed by atoms with E-state index in [-0.39, 0.29) is 0 Å². The minimum absolute atomic E-state index is 0.987. The fourth-order valence-electron chi connectivity index (χ4n) is 3.45. The summed E-state index contributed by atoms with van der Waals surface area (Å²) in [6, 6.07) is 10.7. The highest BCUT2D eigenvalue weighted by Crippen LogP contribution is 2.18. The summed E-state index contributed by atoms with van der Waals surface area (Å²) < 4.78 is 0. The van der Waals surface area contributed by atoms with Gasteiger partial charge in [-0.25, -0.2) is 0 Å². The Morgan fingerprint density at radius 2 is 1.25 bits per heavy atom. The maximum atomic E-state index is 3.55. The SMILES string of the molecule is CCC(CC)CCCCCCCCCCCNCc1ccccc1. The first kappa shape index (κ1) is 21.2. The van der Waals surface area contributed by atoms with Gasteiger partial charge in [-0.05, 0) is 24.4 Å². The maximum Gasteiger partial charge on any atom is 0.0205 e. The molecule has 0 saturated heterocycles. The van der Waals surface area contributed by atoms with Crippen LogP contribution in [-0.2, 0) is 6.54 Å². The molecule has 1 aromatic carbocycles. The van der Waals surface area contributed by atoms with Crippen molar-refractivity contribution < 1.29 is 0 Å². The van der Waals surface area contributed by atoms with E-state index in [9.17, 15) is 0 Å². The summed E-state index contributed by atoms with van der Waals surface area (Å²) in [5, 5.41) is 3.55. The van der Waals surface area contributed by atoms with Gasteiger partial charge in [0.25, 0.3) is 0 Å². The second-order valence-electron chi connectivity index (χ2n) is 7.32. The molecule has 0 fully saturated rings. The van der Waals surface area contributed by atoms with Crippen LogP contribution in [0.15, 0.2) is 30.3 Å². The molecule has 0 aliphatic rings. The highest BCUT2D eigenvalue weighted by atomic mass is 14.8. The number of hydrogen-bond acceptors (Lipinski definition) is 1. The smallest absolute Gasteiger partial charge is 0.0205 e. The van der Waals surface area contributed by atoms with Crippen LogP contribution >= 0.6 is 0 Å². The number of benzene rings is 1. The lowest BCUT2D eigenvalue weighted by atomic mass is 9.95. The number of nitrogens with one attached hydrogen (secondary N) is 1. The van der Waals surface area contributed by atoms with Crippen LogP contribution in [-0.4, -0.2) is 6.54 Å². The third kappa shape index (κ3) is 11.7. The van der Waals surface area contributed by atoms with Crippen LogP contribution in [0.3, 0.4) is 0 Å². The standard InChI is InChI=1S/C23H41N/c1-3-22(4-2)17-13-10-8-6-5-7-9-11-16-20-24-21-23-18-14-12-15-19-23/h12,14-15,18-19,22,24H,3-11,13,16-17,20-21H2,1-2H3. The number of hydrogen-bond donors (Lipinski definition) is 1. The predicted octanol–water partition coefficient (Wildman–Crippen LogP) is 7.11. The summed E-state index contributed by atoms with van der Waals surface area (Å²) >= 11 is 0. The summed E-state index contributed by atoms with van der Waals surface area (Å²) in [4.78, 5) is 0. The Morgan fingerprint density at radius 3 is 1.83 bits per heavy atom. The first-order valence-electron chi connectivity index (χ1n) is 10.6. The van der Waals surface area contributed by atoms with Crippen LogP contribution in [0, 0.1) is 5.92 Å². The Labute approximate surface area is 151 Å². The van der Waals surface area contributed by atoms with E-state index >= 15 is 0 Å². The molecule has 0 saturated carbocycles. The molecule has 1 N–H and O–H groups in total. The highest BCUT2D eigenvalue weighted by molar-refractivity contribution is 5.14. The maximum absolute atomic E-state index is 3.55. The average molecular weight is 332 g/mol. The van der Waals surface area contributed by atoms with Gasteiger partial charge in [-0.2, -0.15) is 0 Å². The molecule has 0 aromatic heterocycles. The van der Waals surface area contributed by atoms with E-state index in [1.165, 1.54) is 82.6 Å². The van der Waals surface area contributed by atoms with Gasteiger partial charge in [-0.1, -0.05) is 115 Å². The van der Waals surface area contributed by atoms with Gasteiger partial charge in [-0.3, -0.25) is 0 Å². The van der Waals surface area contributed by atoms with Crippen molar-refractivity contribution in [1.29, 1.82) is 0 Å². The van der Waals surface area contributed by atoms with Crippen molar-refractivity contribution >= 4 is 0 Å². The molecule has 0 bridgehead atoms. The van der Waals surface area contributed by atoms with Gasteiger partial charge in [0.2, 0.25) is 0 Å². The zero-order valence-corrected chi connectivity index (χ0v) is 16.4. The summed E-state index contributed by atoms with van der Waals surface area (Å²) in [6.07, 6.45) is 17.0. The second kappa shape index (κ2) is 15.7. The van der Waals surface area contributed by atoms with Crippen LogP contribution in [0.25, 0.3) is 0 Å². The van der Waals surface area contributed by atoms with Gasteiger partial charge in [0, 0.05) is 6.54 Å². The average Bonchev–Trinajstić information content (AvgIpc) is 2.63. The second-order valence-corrected chi connectivity index (χ2v) is 7.32. The molecule has 0 spiro atoms. The molecule has 1 aromatic rings. The van der Waals surface area contributed by atoms with Crippen LogP contribution in [0.2, 0.25) is 0 Å². The molecule has 1 heteroatoms. The van der Waals surface area contributed by atoms with Crippen molar-refractivity contribution in [3.8, 4) is 0 Å². The van der Waals surface area contributed by atoms with Crippen LogP contribution in [0.4, 0.5) is 0 Å². The molecule has 0 unspecified atom stereocenters. The Balaban J connectivity index is 1.76. The fourth-order valence-corrected chi connectivity index (χ4v) is 3.45. The molecule has 0 atom stereocenters. The molecule has 0 aliphatic heterocycles. The predicted molar refractivity (Wildman–Crippen MR) is 108 cm³/mol. The Bertz CT molecular complexity index is 356. The Hall–Kier alpha value is -0.820. The van der Waals surface area contributed by atoms with E-state index in [0.717, 1.165) is 19.0 Å². The van der Waals surface area contributed by atoms with E-state index in [1.807, 2.05) is 0 Å². The first-order chi connectivity index (χ1) is 11.9. The van der Waals surface area contributed by atoms with Crippen molar-refractivity contribution in [3.05, 3.63) is 35.9 Å². The van der Waals surface area contributed by atoms with E-state index in [1.54, 1.807) is 0 Å². The zero-order valence-electron chi connectivity index (χ0n) is 16.4. The topological polar surface area (TPSA) is 12.0 Å². The molecule has 0 amide bonds. The minimum atomic E-state index is 0.987. The highest BCUT2D eigenvalue weighted by Gasteiger charge is 2.02. The number of unbranched alkanes of at least 4 members (excludes halogenated alkanes) is 8. The van der Waals surface area contributed by atoms with Gasteiger partial charge in [0.15, 0.2) is 0 Å². The minimum Gasteiger partial charge on any atom is -0.313 e. The zero-order chi connectivity index (χ0) is 17.3. The molecule has 24 heavy (non-hydrogen) atoms. The summed E-state index contributed by atoms with van der Waals surface area (Å²) in [7, 11) is 0. The Kier molecular flexibility index (Phi) is 13.9. The van der Waals surface area contributed by atoms with Gasteiger partial charge in [0.1, 0.15) is 0 Å². The summed E-state index contributed by atoms with van der Waals surface area (Å²) in [6.45, 7) is 6.85. The van der Waals surface area contributed by atoms with E-state index in [4.69, 9.17) is 0 Å². The van der Waals surface area contributed by atoms with Crippen LogP contribution in [0.5, 0.6) is 0 Å². The quantitative estimate of drug-likeness (QED) is 0.318. The van der Waals surface area contributed by atoms with Crippen molar-refractivity contribution in [2.24, 2.45) is 5.92 Å². The molecule has 1 rings (SSSR count). The third-order valence-corrected chi connectivity index (χ3v) is 5.29. The molecule has 1 nitrogen and oxygen atoms in total. The van der Waals surface area contributed by atoms with Crippen molar-refractivity contribution in [1.82, 2.24) is 5.32 Å². The molecule has 0 heterocycles. The largest absolute Gasteiger partial charge is 0.313 e. The molecular weight excluding hydrogens is 290 g/mol. The van der Waals surface area contributed by atoms with Crippen molar-refractivity contribution in [3.63, 3.8) is 0 Å². The van der Waals surface area contributed by atoms with E-state index in [0.29, 0.717) is 0 Å². The normalized spacial score (nSPS) is 11.3. The Morgan fingerprint density at radius 1 is 0.708 bits per heavy atom. The molecule has 0 aliphatic carbocycles. The first-order valence-corrected chi connectivity index (χ1v) is 10.6. The van der Waals surface area contributed by atoms with Crippen LogP contribution < -0.4 is 5.32 Å². The van der Waals surface area contributed by atoms with Gasteiger partial charge >= 0.3 is 0 Å². The molecular formula is C23H41N. The summed E-state index contributed by atoms with van der Waals surface area (Å²) in [5.74, 6) is 0.987. The lowest BCUT2D eigenvalue weighted by molar-refractivity contribution is 0.426. The lowest BCUT2D eigenvalue weighted by Gasteiger charge is -2.11. The van der Waals surface area contributed by atoms with E-state index in [2.05, 4.69) is 49.5 Å². The van der Waals surface area contributed by atoms with Gasteiger partial charge in [0.05, 0.1) is 0 Å². The molecule has 138 valence electrons.